The molecule has 1 aliphatic heterocycles. The second kappa shape index (κ2) is 7.78. The molecule has 1 saturated heterocycles. The van der Waals surface area contributed by atoms with Crippen LogP contribution in [0.5, 0.6) is 5.75 Å². The predicted molar refractivity (Wildman–Crippen MR) is 87.9 cm³/mol. The molecule has 2 rings (SSSR count). The van der Waals surface area contributed by atoms with Crippen molar-refractivity contribution in [2.75, 3.05) is 47.4 Å². The van der Waals surface area contributed by atoms with Crippen LogP contribution in [0.25, 0.3) is 0 Å². The Bertz CT molecular complexity index is 421. The summed E-state index contributed by atoms with van der Waals surface area (Å²) in [5, 5.41) is 3.45. The normalized spacial score (nSPS) is 22.2. The van der Waals surface area contributed by atoms with Gasteiger partial charge in [0.15, 0.2) is 0 Å². The Balaban J connectivity index is 1.98. The van der Waals surface area contributed by atoms with E-state index in [-0.39, 0.29) is 0 Å². The Morgan fingerprint density at radius 2 is 2.00 bits per heavy atom. The molecule has 1 aliphatic rings. The third-order valence-electron chi connectivity index (χ3n) is 4.64. The SMILES string of the molecule is CCC1CN(CC(NC)c2ccc(OC)cc2)CCN1C. The van der Waals surface area contributed by atoms with Gasteiger partial charge in [0.2, 0.25) is 0 Å². The number of ether oxygens (including phenoxy) is 1. The first-order chi connectivity index (χ1) is 10.2. The van der Waals surface area contributed by atoms with E-state index in [1.165, 1.54) is 18.5 Å². The number of piperazine rings is 1. The highest BCUT2D eigenvalue weighted by Crippen LogP contribution is 2.20. The molecule has 0 bridgehead atoms. The molecule has 1 heterocycles. The van der Waals surface area contributed by atoms with E-state index in [2.05, 4.69) is 41.2 Å². The third-order valence-corrected chi connectivity index (χ3v) is 4.64. The third kappa shape index (κ3) is 4.19. The van der Waals surface area contributed by atoms with Gasteiger partial charge in [0.05, 0.1) is 7.11 Å². The van der Waals surface area contributed by atoms with Gasteiger partial charge in [-0.25, -0.2) is 0 Å². The maximum absolute atomic E-state index is 5.24. The van der Waals surface area contributed by atoms with Gasteiger partial charge in [-0.05, 0) is 38.2 Å². The van der Waals surface area contributed by atoms with Gasteiger partial charge in [0.1, 0.15) is 5.75 Å². The van der Waals surface area contributed by atoms with Gasteiger partial charge in [-0.2, -0.15) is 0 Å². The van der Waals surface area contributed by atoms with Crippen LogP contribution in [0.1, 0.15) is 24.9 Å². The highest BCUT2D eigenvalue weighted by Gasteiger charge is 2.24. The molecule has 1 N–H and O–H groups in total. The van der Waals surface area contributed by atoms with Crippen LogP contribution < -0.4 is 10.1 Å². The first-order valence-electron chi connectivity index (χ1n) is 7.91. The highest BCUT2D eigenvalue weighted by atomic mass is 16.5. The van der Waals surface area contributed by atoms with Crippen LogP contribution in [0.4, 0.5) is 0 Å². The first-order valence-corrected chi connectivity index (χ1v) is 7.91. The van der Waals surface area contributed by atoms with E-state index in [0.717, 1.165) is 25.4 Å². The van der Waals surface area contributed by atoms with Gasteiger partial charge < -0.3 is 15.0 Å². The number of hydrogen-bond donors (Lipinski definition) is 1. The topological polar surface area (TPSA) is 27.7 Å². The van der Waals surface area contributed by atoms with E-state index in [1.807, 2.05) is 19.2 Å². The van der Waals surface area contributed by atoms with Crippen LogP contribution in [-0.2, 0) is 0 Å². The lowest BCUT2D eigenvalue weighted by atomic mass is 10.0. The number of likely N-dealkylation sites (N-methyl/N-ethyl adjacent to an activating group) is 2. The summed E-state index contributed by atoms with van der Waals surface area (Å²) in [6.45, 7) is 6.83. The molecule has 2 atom stereocenters. The Hall–Kier alpha value is -1.10. The number of nitrogens with one attached hydrogen (secondary N) is 1. The lowest BCUT2D eigenvalue weighted by molar-refractivity contribution is 0.0865. The van der Waals surface area contributed by atoms with Crippen LogP contribution >= 0.6 is 0 Å². The van der Waals surface area contributed by atoms with Crippen molar-refractivity contribution in [2.45, 2.75) is 25.4 Å². The Morgan fingerprint density at radius 3 is 2.57 bits per heavy atom. The number of methoxy groups -OCH3 is 1. The monoisotopic (exact) mass is 291 g/mol. The quantitative estimate of drug-likeness (QED) is 0.867. The number of hydrogen-bond acceptors (Lipinski definition) is 4. The minimum Gasteiger partial charge on any atom is -0.497 e. The fourth-order valence-electron chi connectivity index (χ4n) is 3.07. The zero-order valence-electron chi connectivity index (χ0n) is 13.8. The van der Waals surface area contributed by atoms with Crippen LogP contribution in [0, 0.1) is 0 Å². The molecule has 0 aromatic heterocycles. The Labute approximate surface area is 129 Å². The van der Waals surface area contributed by atoms with Gasteiger partial charge in [-0.15, -0.1) is 0 Å². The summed E-state index contributed by atoms with van der Waals surface area (Å²) in [6, 6.07) is 9.46. The van der Waals surface area contributed by atoms with Crippen molar-refractivity contribution in [3.05, 3.63) is 29.8 Å². The van der Waals surface area contributed by atoms with E-state index < -0.39 is 0 Å². The molecule has 118 valence electrons. The van der Waals surface area contributed by atoms with Crippen LogP contribution in [0.2, 0.25) is 0 Å². The standard InChI is InChI=1S/C17H29N3O/c1-5-15-12-20(11-10-19(15)3)13-17(18-2)14-6-8-16(21-4)9-7-14/h6-9,15,17-18H,5,10-13H2,1-4H3. The largest absolute Gasteiger partial charge is 0.497 e. The highest BCUT2D eigenvalue weighted by molar-refractivity contribution is 5.29. The summed E-state index contributed by atoms with van der Waals surface area (Å²) in [4.78, 5) is 5.07. The Morgan fingerprint density at radius 1 is 1.29 bits per heavy atom. The van der Waals surface area contributed by atoms with Gasteiger partial charge in [0.25, 0.3) is 0 Å². The molecule has 0 radical (unpaired) electrons. The second-order valence-corrected chi connectivity index (χ2v) is 5.92. The van der Waals surface area contributed by atoms with Crippen molar-refractivity contribution in [1.29, 1.82) is 0 Å². The van der Waals surface area contributed by atoms with E-state index in [0.29, 0.717) is 12.1 Å². The minimum absolute atomic E-state index is 0.372. The maximum atomic E-state index is 5.24. The molecule has 4 nitrogen and oxygen atoms in total. The molecule has 1 fully saturated rings. The second-order valence-electron chi connectivity index (χ2n) is 5.92. The van der Waals surface area contributed by atoms with Crippen molar-refractivity contribution in [2.24, 2.45) is 0 Å². The van der Waals surface area contributed by atoms with Crippen LogP contribution in [-0.4, -0.2) is 63.2 Å². The fraction of sp³-hybridized carbons (Fsp3) is 0.647. The fourth-order valence-corrected chi connectivity index (χ4v) is 3.07. The molecule has 4 heteroatoms. The van der Waals surface area contributed by atoms with Gasteiger partial charge in [-0.3, -0.25) is 4.90 Å². The van der Waals surface area contributed by atoms with Crippen molar-refractivity contribution in [1.82, 2.24) is 15.1 Å². The zero-order chi connectivity index (χ0) is 15.2. The lowest BCUT2D eigenvalue weighted by Gasteiger charge is -2.40. The summed E-state index contributed by atoms with van der Waals surface area (Å²) in [5.74, 6) is 0.916. The predicted octanol–water partition coefficient (Wildman–Crippen LogP) is 1.98. The van der Waals surface area contributed by atoms with Crippen molar-refractivity contribution in [3.63, 3.8) is 0 Å². The van der Waals surface area contributed by atoms with E-state index in [1.54, 1.807) is 7.11 Å². The first kappa shape index (κ1) is 16.3. The van der Waals surface area contributed by atoms with Crippen molar-refractivity contribution >= 4 is 0 Å². The minimum atomic E-state index is 0.372. The van der Waals surface area contributed by atoms with Crippen LogP contribution in [0.3, 0.4) is 0 Å². The molecular weight excluding hydrogens is 262 g/mol. The Kier molecular flexibility index (Phi) is 6.03. The summed E-state index contributed by atoms with van der Waals surface area (Å²) in [7, 11) is 5.99. The van der Waals surface area contributed by atoms with Crippen molar-refractivity contribution in [3.8, 4) is 5.75 Å². The molecule has 0 saturated carbocycles. The summed E-state index contributed by atoms with van der Waals surface area (Å²) in [5.41, 5.74) is 1.32. The number of nitrogens with zero attached hydrogens (tertiary/aromatic N) is 2. The molecule has 0 amide bonds. The summed E-state index contributed by atoms with van der Waals surface area (Å²) < 4.78 is 5.24. The van der Waals surface area contributed by atoms with Crippen LogP contribution in [0.15, 0.2) is 24.3 Å². The van der Waals surface area contributed by atoms with Gasteiger partial charge >= 0.3 is 0 Å². The van der Waals surface area contributed by atoms with E-state index in [9.17, 15) is 0 Å². The summed E-state index contributed by atoms with van der Waals surface area (Å²) >= 11 is 0. The average molecular weight is 291 g/mol. The van der Waals surface area contributed by atoms with Gasteiger partial charge in [0, 0.05) is 38.3 Å². The lowest BCUT2D eigenvalue weighted by Crippen LogP contribution is -2.52. The zero-order valence-corrected chi connectivity index (χ0v) is 13.8. The maximum Gasteiger partial charge on any atom is 0.118 e. The molecule has 1 aromatic carbocycles. The molecule has 0 spiro atoms. The molecular formula is C17H29N3O. The van der Waals surface area contributed by atoms with Gasteiger partial charge in [-0.1, -0.05) is 19.1 Å². The molecule has 0 aliphatic carbocycles. The molecule has 2 unspecified atom stereocenters. The van der Waals surface area contributed by atoms with Crippen molar-refractivity contribution < 1.29 is 4.74 Å². The summed E-state index contributed by atoms with van der Waals surface area (Å²) in [6.07, 6.45) is 1.22. The molecule has 21 heavy (non-hydrogen) atoms. The molecule has 1 aromatic rings. The van der Waals surface area contributed by atoms with E-state index in [4.69, 9.17) is 4.74 Å². The smallest absolute Gasteiger partial charge is 0.118 e. The van der Waals surface area contributed by atoms with E-state index >= 15 is 0 Å². The number of benzene rings is 1. The number of rotatable bonds is 6. The average Bonchev–Trinajstić information content (AvgIpc) is 2.54.